The summed E-state index contributed by atoms with van der Waals surface area (Å²) in [7, 11) is 0. The molecule has 5 nitrogen and oxygen atoms in total. The van der Waals surface area contributed by atoms with Gasteiger partial charge in [-0.3, -0.25) is 4.79 Å². The van der Waals surface area contributed by atoms with Crippen LogP contribution >= 0.6 is 0 Å². The lowest BCUT2D eigenvalue weighted by Gasteiger charge is -2.55. The van der Waals surface area contributed by atoms with E-state index >= 15 is 0 Å². The van der Waals surface area contributed by atoms with Crippen molar-refractivity contribution >= 4 is 5.91 Å². The molecule has 0 radical (unpaired) electrons. The highest BCUT2D eigenvalue weighted by Gasteiger charge is 2.55. The van der Waals surface area contributed by atoms with Crippen molar-refractivity contribution in [1.82, 2.24) is 15.5 Å². The fraction of sp³-hybridized carbons (Fsp3) is 0.571. The smallest absolute Gasteiger partial charge is 0.243 e. The Bertz CT molecular complexity index is 778. The molecule has 5 heteroatoms. The third kappa shape index (κ3) is 2.65. The number of amides is 1. The highest BCUT2D eigenvalue weighted by Crippen LogP contribution is 2.60. The van der Waals surface area contributed by atoms with Gasteiger partial charge in [-0.25, -0.2) is 0 Å². The maximum absolute atomic E-state index is 13.5. The van der Waals surface area contributed by atoms with Crippen molar-refractivity contribution in [3.05, 3.63) is 47.7 Å². The van der Waals surface area contributed by atoms with Crippen LogP contribution in [0, 0.1) is 30.1 Å². The van der Waals surface area contributed by atoms with E-state index in [0.29, 0.717) is 11.8 Å². The second-order valence-electron chi connectivity index (χ2n) is 8.67. The first-order chi connectivity index (χ1) is 12.6. The van der Waals surface area contributed by atoms with Gasteiger partial charge < -0.3 is 9.73 Å². The highest BCUT2D eigenvalue weighted by molar-refractivity contribution is 5.84. The minimum Gasteiger partial charge on any atom is -0.423 e. The van der Waals surface area contributed by atoms with Crippen LogP contribution in [-0.2, 0) is 4.79 Å². The average molecular weight is 351 g/mol. The Labute approximate surface area is 153 Å². The Kier molecular flexibility index (Phi) is 3.66. The lowest BCUT2D eigenvalue weighted by molar-refractivity contribution is -0.147. The van der Waals surface area contributed by atoms with Crippen molar-refractivity contribution < 1.29 is 9.21 Å². The van der Waals surface area contributed by atoms with Crippen molar-refractivity contribution in [2.45, 2.75) is 51.5 Å². The maximum Gasteiger partial charge on any atom is 0.243 e. The van der Waals surface area contributed by atoms with Gasteiger partial charge in [-0.05, 0) is 61.8 Å². The first-order valence-corrected chi connectivity index (χ1v) is 9.77. The molecule has 4 bridgehead atoms. The van der Waals surface area contributed by atoms with Gasteiger partial charge in [0, 0.05) is 12.3 Å². The molecule has 2 aromatic rings. The monoisotopic (exact) mass is 351 g/mol. The summed E-state index contributed by atoms with van der Waals surface area (Å²) in [5.74, 6) is 3.39. The molecule has 0 saturated heterocycles. The van der Waals surface area contributed by atoms with E-state index in [9.17, 15) is 4.79 Å². The lowest BCUT2D eigenvalue weighted by atomic mass is 9.49. The Hall–Kier alpha value is -2.17. The summed E-state index contributed by atoms with van der Waals surface area (Å²) in [6.45, 7) is 1.78. The predicted molar refractivity (Wildman–Crippen MR) is 96.1 cm³/mol. The predicted octanol–water partition coefficient (Wildman–Crippen LogP) is 3.80. The van der Waals surface area contributed by atoms with Crippen molar-refractivity contribution in [1.29, 1.82) is 0 Å². The second kappa shape index (κ2) is 5.93. The number of aryl methyl sites for hydroxylation is 1. The van der Waals surface area contributed by atoms with Crippen molar-refractivity contribution in [3.63, 3.8) is 0 Å². The molecule has 1 aromatic heterocycles. The molecule has 1 N–H and O–H groups in total. The molecule has 1 atom stereocenters. The topological polar surface area (TPSA) is 68.0 Å². The van der Waals surface area contributed by atoms with Gasteiger partial charge in [-0.15, -0.1) is 10.2 Å². The molecular weight excluding hydrogens is 326 g/mol. The van der Waals surface area contributed by atoms with Gasteiger partial charge >= 0.3 is 0 Å². The van der Waals surface area contributed by atoms with Gasteiger partial charge in [0.05, 0.1) is 0 Å². The summed E-state index contributed by atoms with van der Waals surface area (Å²) in [6, 6.07) is 9.55. The van der Waals surface area contributed by atoms with E-state index in [1.54, 1.807) is 6.92 Å². The van der Waals surface area contributed by atoms with Gasteiger partial charge in [-0.2, -0.15) is 0 Å². The number of carbonyl (C=O) groups is 1. The third-order valence-electron chi connectivity index (χ3n) is 6.72. The summed E-state index contributed by atoms with van der Waals surface area (Å²) in [5, 5.41) is 11.4. The van der Waals surface area contributed by atoms with Gasteiger partial charge in [0.1, 0.15) is 6.04 Å². The molecule has 4 fully saturated rings. The van der Waals surface area contributed by atoms with Crippen LogP contribution in [0.5, 0.6) is 0 Å². The summed E-state index contributed by atoms with van der Waals surface area (Å²) < 4.78 is 5.68. The Balaban J connectivity index is 1.44. The normalized spacial score (nSPS) is 33.2. The zero-order valence-corrected chi connectivity index (χ0v) is 15.1. The molecule has 0 spiro atoms. The average Bonchev–Trinajstić information content (AvgIpc) is 3.05. The third-order valence-corrected chi connectivity index (χ3v) is 6.72. The van der Waals surface area contributed by atoms with Crippen LogP contribution < -0.4 is 5.32 Å². The molecule has 0 aliphatic heterocycles. The zero-order valence-electron chi connectivity index (χ0n) is 15.1. The highest BCUT2D eigenvalue weighted by atomic mass is 16.4. The van der Waals surface area contributed by atoms with Crippen LogP contribution in [0.25, 0.3) is 0 Å². The first-order valence-electron chi connectivity index (χ1n) is 9.77. The molecule has 6 rings (SSSR count). The number of aromatic nitrogens is 2. The molecule has 1 amide bonds. The van der Waals surface area contributed by atoms with Gasteiger partial charge in [0.25, 0.3) is 0 Å². The zero-order chi connectivity index (χ0) is 17.7. The fourth-order valence-electron chi connectivity index (χ4n) is 6.03. The molecule has 1 heterocycles. The Morgan fingerprint density at radius 3 is 2.23 bits per heavy atom. The van der Waals surface area contributed by atoms with E-state index in [1.807, 2.05) is 30.3 Å². The number of hydrogen-bond donors (Lipinski definition) is 1. The van der Waals surface area contributed by atoms with Gasteiger partial charge in [0.2, 0.25) is 17.7 Å². The maximum atomic E-state index is 13.5. The van der Waals surface area contributed by atoms with Crippen molar-refractivity contribution in [2.75, 3.05) is 0 Å². The van der Waals surface area contributed by atoms with Crippen LogP contribution in [-0.4, -0.2) is 16.1 Å². The summed E-state index contributed by atoms with van der Waals surface area (Å²) in [6.07, 6.45) is 7.14. The lowest BCUT2D eigenvalue weighted by Crippen LogP contribution is -2.54. The number of hydrogen-bond acceptors (Lipinski definition) is 4. The molecular formula is C21H25N3O2. The van der Waals surface area contributed by atoms with E-state index in [1.165, 1.54) is 19.3 Å². The van der Waals surface area contributed by atoms with Crippen molar-refractivity contribution in [3.8, 4) is 0 Å². The van der Waals surface area contributed by atoms with Crippen LogP contribution in [0.2, 0.25) is 0 Å². The van der Waals surface area contributed by atoms with E-state index < -0.39 is 0 Å². The number of nitrogens with one attached hydrogen (secondary N) is 1. The molecule has 1 aromatic carbocycles. The Morgan fingerprint density at radius 2 is 1.69 bits per heavy atom. The molecule has 1 unspecified atom stereocenters. The fourth-order valence-corrected chi connectivity index (χ4v) is 6.03. The SMILES string of the molecule is Cc1nnc(C(NC(=O)C23CC4CC(CC(C4)C2)C3)c2ccccc2)o1. The molecule has 136 valence electrons. The number of rotatable bonds is 4. The van der Waals surface area contributed by atoms with Crippen LogP contribution in [0.1, 0.15) is 61.9 Å². The molecule has 4 aliphatic rings. The summed E-state index contributed by atoms with van der Waals surface area (Å²) >= 11 is 0. The largest absolute Gasteiger partial charge is 0.423 e. The minimum absolute atomic E-state index is 0.182. The molecule has 4 aliphatic carbocycles. The van der Waals surface area contributed by atoms with Crippen molar-refractivity contribution in [2.24, 2.45) is 23.2 Å². The molecule has 26 heavy (non-hydrogen) atoms. The van der Waals surface area contributed by atoms with E-state index in [0.717, 1.165) is 42.6 Å². The summed E-state index contributed by atoms with van der Waals surface area (Å²) in [5.41, 5.74) is 0.797. The van der Waals surface area contributed by atoms with E-state index in [4.69, 9.17) is 4.42 Å². The number of benzene rings is 1. The standard InChI is InChI=1S/C21H25N3O2/c1-13-23-24-19(26-13)18(17-5-3-2-4-6-17)22-20(25)21-10-14-7-15(11-21)9-16(8-14)12-21/h2-6,14-16,18H,7-12H2,1H3,(H,22,25). The first kappa shape index (κ1) is 16.0. The quantitative estimate of drug-likeness (QED) is 0.910. The van der Waals surface area contributed by atoms with E-state index in [2.05, 4.69) is 15.5 Å². The second-order valence-corrected chi connectivity index (χ2v) is 8.67. The summed E-state index contributed by atoms with van der Waals surface area (Å²) in [4.78, 5) is 13.5. The number of nitrogens with zero attached hydrogens (tertiary/aromatic N) is 2. The Morgan fingerprint density at radius 1 is 1.08 bits per heavy atom. The van der Waals surface area contributed by atoms with E-state index in [-0.39, 0.29) is 17.4 Å². The number of carbonyl (C=O) groups excluding carboxylic acids is 1. The minimum atomic E-state index is -0.377. The molecule has 4 saturated carbocycles. The van der Waals surface area contributed by atoms with Crippen LogP contribution in [0.15, 0.2) is 34.7 Å². The van der Waals surface area contributed by atoms with Gasteiger partial charge in [0.15, 0.2) is 0 Å². The van der Waals surface area contributed by atoms with Crippen LogP contribution in [0.4, 0.5) is 0 Å². The van der Waals surface area contributed by atoms with Gasteiger partial charge in [-0.1, -0.05) is 30.3 Å². The van der Waals surface area contributed by atoms with Crippen LogP contribution in [0.3, 0.4) is 0 Å².